The molecular formula is C23H44IN3O3. The van der Waals surface area contributed by atoms with Gasteiger partial charge in [-0.25, -0.2) is 0 Å². The molecule has 30 heavy (non-hydrogen) atoms. The van der Waals surface area contributed by atoms with Crippen LogP contribution in [0, 0.1) is 5.41 Å². The molecule has 6 nitrogen and oxygen atoms in total. The molecule has 7 heteroatoms. The summed E-state index contributed by atoms with van der Waals surface area (Å²) in [5.41, 5.74) is 0.381. The number of aliphatic imine (C=N–C) groups is 1. The average Bonchev–Trinajstić information content (AvgIpc) is 3.23. The third-order valence-corrected chi connectivity index (χ3v) is 7.01. The molecule has 1 unspecified atom stereocenters. The van der Waals surface area contributed by atoms with E-state index in [1.54, 1.807) is 0 Å². The number of likely N-dealkylation sites (tertiary alicyclic amines) is 1. The monoisotopic (exact) mass is 537 g/mol. The fourth-order valence-electron chi connectivity index (χ4n) is 5.09. The minimum atomic E-state index is 0. The van der Waals surface area contributed by atoms with Crippen LogP contribution in [-0.2, 0) is 14.2 Å². The second-order valence-corrected chi connectivity index (χ2v) is 9.06. The van der Waals surface area contributed by atoms with Crippen molar-refractivity contribution in [1.82, 2.24) is 10.2 Å². The van der Waals surface area contributed by atoms with Crippen molar-refractivity contribution in [2.45, 2.75) is 83.3 Å². The van der Waals surface area contributed by atoms with Gasteiger partial charge in [0.05, 0.1) is 18.8 Å². The summed E-state index contributed by atoms with van der Waals surface area (Å²) in [5.74, 6) is 1.06. The van der Waals surface area contributed by atoms with Crippen molar-refractivity contribution in [2.75, 3.05) is 53.1 Å². The van der Waals surface area contributed by atoms with Crippen molar-refractivity contribution >= 4 is 29.9 Å². The van der Waals surface area contributed by atoms with Gasteiger partial charge in [0.1, 0.15) is 0 Å². The Bertz CT molecular complexity index is 486. The second-order valence-electron chi connectivity index (χ2n) is 9.06. The van der Waals surface area contributed by atoms with Crippen LogP contribution in [0.4, 0.5) is 0 Å². The highest BCUT2D eigenvalue weighted by atomic mass is 127. The van der Waals surface area contributed by atoms with Crippen LogP contribution in [0.3, 0.4) is 0 Å². The van der Waals surface area contributed by atoms with Gasteiger partial charge < -0.3 is 24.4 Å². The Morgan fingerprint density at radius 2 is 1.90 bits per heavy atom. The highest BCUT2D eigenvalue weighted by Gasteiger charge is 2.34. The zero-order valence-electron chi connectivity index (χ0n) is 19.2. The van der Waals surface area contributed by atoms with Crippen LogP contribution < -0.4 is 5.32 Å². The van der Waals surface area contributed by atoms with Crippen molar-refractivity contribution in [1.29, 1.82) is 0 Å². The summed E-state index contributed by atoms with van der Waals surface area (Å²) in [6, 6.07) is 0. The molecule has 0 spiro atoms. The molecular weight excluding hydrogens is 493 g/mol. The molecule has 0 amide bonds. The first-order chi connectivity index (χ1) is 14.2. The summed E-state index contributed by atoms with van der Waals surface area (Å²) >= 11 is 0. The molecule has 3 aliphatic rings. The Balaban J connectivity index is 0.00000320. The molecule has 0 aromatic heterocycles. The minimum absolute atomic E-state index is 0. The van der Waals surface area contributed by atoms with Gasteiger partial charge in [-0.05, 0) is 63.7 Å². The Labute approximate surface area is 200 Å². The van der Waals surface area contributed by atoms with Crippen LogP contribution in [0.1, 0.15) is 71.1 Å². The predicted octanol–water partition coefficient (Wildman–Crippen LogP) is 4.22. The van der Waals surface area contributed by atoms with Crippen LogP contribution in [-0.4, -0.2) is 76.2 Å². The first-order valence-electron chi connectivity index (χ1n) is 12.0. The molecule has 1 N–H and O–H groups in total. The number of piperidine rings is 1. The van der Waals surface area contributed by atoms with Gasteiger partial charge in [0.25, 0.3) is 0 Å². The van der Waals surface area contributed by atoms with Crippen molar-refractivity contribution in [3.8, 4) is 0 Å². The maximum atomic E-state index is 6.17. The minimum Gasteiger partial charge on any atom is -0.382 e. The zero-order valence-corrected chi connectivity index (χ0v) is 21.5. The molecule has 0 aromatic rings. The lowest BCUT2D eigenvalue weighted by Crippen LogP contribution is -2.49. The van der Waals surface area contributed by atoms with Gasteiger partial charge in [0.2, 0.25) is 0 Å². The van der Waals surface area contributed by atoms with E-state index in [1.807, 2.05) is 7.05 Å². The van der Waals surface area contributed by atoms with E-state index in [1.165, 1.54) is 38.5 Å². The topological polar surface area (TPSA) is 55.3 Å². The van der Waals surface area contributed by atoms with Crippen LogP contribution >= 0.6 is 24.0 Å². The highest BCUT2D eigenvalue weighted by molar-refractivity contribution is 14.0. The van der Waals surface area contributed by atoms with Gasteiger partial charge >= 0.3 is 0 Å². The molecule has 3 fully saturated rings. The van der Waals surface area contributed by atoms with Gasteiger partial charge in [-0.2, -0.15) is 0 Å². The number of guanidine groups is 1. The average molecular weight is 538 g/mol. The summed E-state index contributed by atoms with van der Waals surface area (Å²) in [4.78, 5) is 6.99. The first kappa shape index (κ1) is 26.1. The van der Waals surface area contributed by atoms with E-state index in [0.717, 1.165) is 77.7 Å². The molecule has 176 valence electrons. The van der Waals surface area contributed by atoms with Crippen molar-refractivity contribution in [2.24, 2.45) is 10.4 Å². The van der Waals surface area contributed by atoms with Crippen LogP contribution in [0.2, 0.25) is 0 Å². The quantitative estimate of drug-likeness (QED) is 0.207. The van der Waals surface area contributed by atoms with E-state index in [9.17, 15) is 0 Å². The molecule has 2 saturated heterocycles. The predicted molar refractivity (Wildman–Crippen MR) is 133 cm³/mol. The molecule has 0 bridgehead atoms. The molecule has 2 heterocycles. The van der Waals surface area contributed by atoms with Gasteiger partial charge in [-0.1, -0.05) is 12.8 Å². The maximum Gasteiger partial charge on any atom is 0.193 e. The van der Waals surface area contributed by atoms with E-state index in [-0.39, 0.29) is 24.0 Å². The van der Waals surface area contributed by atoms with E-state index in [4.69, 9.17) is 14.2 Å². The summed E-state index contributed by atoms with van der Waals surface area (Å²) in [5, 5.41) is 3.71. The van der Waals surface area contributed by atoms with Crippen molar-refractivity contribution < 1.29 is 14.2 Å². The molecule has 0 radical (unpaired) electrons. The number of hydrogen-bond donors (Lipinski definition) is 1. The molecule has 1 saturated carbocycles. The lowest BCUT2D eigenvalue weighted by Gasteiger charge is -2.37. The smallest absolute Gasteiger partial charge is 0.193 e. The number of ether oxygens (including phenoxy) is 3. The Morgan fingerprint density at radius 1 is 1.13 bits per heavy atom. The van der Waals surface area contributed by atoms with Crippen LogP contribution in [0.15, 0.2) is 4.99 Å². The van der Waals surface area contributed by atoms with Gasteiger partial charge in [-0.3, -0.25) is 4.99 Å². The van der Waals surface area contributed by atoms with E-state index >= 15 is 0 Å². The van der Waals surface area contributed by atoms with E-state index in [0.29, 0.717) is 17.6 Å². The second kappa shape index (κ2) is 14.1. The fourth-order valence-corrected chi connectivity index (χ4v) is 5.09. The SMILES string of the molecule is CCOCCC1(CNC(=NC)N2CCC(OCC3CCCCO3)CC2)CCCC1.I. The maximum absolute atomic E-state index is 6.17. The molecule has 2 aliphatic heterocycles. The molecule has 1 atom stereocenters. The standard InChI is InChI=1S/C23H43N3O3.HI/c1-3-27-17-13-23(11-5-6-12-23)19-25-22(24-2)26-14-9-20(10-15-26)29-18-21-8-4-7-16-28-21;/h20-21H,3-19H2,1-2H3,(H,24,25);1H. The number of nitrogens with one attached hydrogen (secondary N) is 1. The summed E-state index contributed by atoms with van der Waals surface area (Å²) < 4.78 is 17.6. The normalized spacial score (nSPS) is 25.2. The van der Waals surface area contributed by atoms with Gasteiger partial charge in [0.15, 0.2) is 5.96 Å². The first-order valence-corrected chi connectivity index (χ1v) is 12.0. The number of hydrogen-bond acceptors (Lipinski definition) is 4. The third kappa shape index (κ3) is 8.10. The highest BCUT2D eigenvalue weighted by Crippen LogP contribution is 2.40. The number of halogens is 1. The lowest BCUT2D eigenvalue weighted by atomic mass is 9.83. The van der Waals surface area contributed by atoms with Gasteiger partial charge in [0, 0.05) is 46.5 Å². The Hall–Kier alpha value is -0.120. The zero-order chi connectivity index (χ0) is 20.4. The third-order valence-electron chi connectivity index (χ3n) is 7.01. The van der Waals surface area contributed by atoms with Crippen molar-refractivity contribution in [3.63, 3.8) is 0 Å². The van der Waals surface area contributed by atoms with E-state index in [2.05, 4.69) is 22.1 Å². The molecule has 3 rings (SSSR count). The Morgan fingerprint density at radius 3 is 2.53 bits per heavy atom. The van der Waals surface area contributed by atoms with Crippen LogP contribution in [0.5, 0.6) is 0 Å². The summed E-state index contributed by atoms with van der Waals surface area (Å²) in [7, 11) is 1.91. The number of nitrogens with zero attached hydrogens (tertiary/aromatic N) is 2. The fraction of sp³-hybridized carbons (Fsp3) is 0.957. The lowest BCUT2D eigenvalue weighted by molar-refractivity contribution is -0.0721. The van der Waals surface area contributed by atoms with Gasteiger partial charge in [-0.15, -0.1) is 24.0 Å². The van der Waals surface area contributed by atoms with Crippen LogP contribution in [0.25, 0.3) is 0 Å². The number of rotatable bonds is 9. The van der Waals surface area contributed by atoms with E-state index < -0.39 is 0 Å². The summed E-state index contributed by atoms with van der Waals surface area (Å²) in [6.45, 7) is 8.49. The Kier molecular flexibility index (Phi) is 12.3. The molecule has 1 aliphatic carbocycles. The van der Waals surface area contributed by atoms with Crippen molar-refractivity contribution in [3.05, 3.63) is 0 Å². The largest absolute Gasteiger partial charge is 0.382 e. The molecule has 0 aromatic carbocycles. The summed E-state index contributed by atoms with van der Waals surface area (Å²) in [6.07, 6.45) is 12.9.